The molecule has 5 heteroatoms. The van der Waals surface area contributed by atoms with Gasteiger partial charge in [-0.3, -0.25) is 0 Å². The first-order valence-corrected chi connectivity index (χ1v) is 6.19. The molecule has 2 N–H and O–H groups in total. The highest BCUT2D eigenvalue weighted by Crippen LogP contribution is 2.31. The fourth-order valence-electron chi connectivity index (χ4n) is 2.45. The van der Waals surface area contributed by atoms with E-state index in [1.807, 2.05) is 0 Å². The second kappa shape index (κ2) is 4.38. The summed E-state index contributed by atoms with van der Waals surface area (Å²) in [6.07, 6.45) is 1.32. The van der Waals surface area contributed by atoms with E-state index in [0.29, 0.717) is 18.6 Å². The third-order valence-electron chi connectivity index (χ3n) is 3.17. The van der Waals surface area contributed by atoms with Crippen molar-refractivity contribution in [2.75, 3.05) is 6.61 Å². The maximum Gasteiger partial charge on any atom is 0.147 e. The second-order valence-electron chi connectivity index (χ2n) is 5.76. The van der Waals surface area contributed by atoms with E-state index in [-0.39, 0.29) is 5.54 Å². The van der Waals surface area contributed by atoms with Crippen LogP contribution in [0.4, 0.5) is 0 Å². The highest BCUT2D eigenvalue weighted by atomic mass is 16.5. The van der Waals surface area contributed by atoms with Gasteiger partial charge in [-0.2, -0.15) is 0 Å². The Kier molecular flexibility index (Phi) is 3.23. The van der Waals surface area contributed by atoms with Crippen LogP contribution in [0.1, 0.15) is 51.7 Å². The highest BCUT2D eigenvalue weighted by Gasteiger charge is 2.32. The molecule has 1 fully saturated rings. The molecule has 96 valence electrons. The Morgan fingerprint density at radius 3 is 2.59 bits per heavy atom. The first-order chi connectivity index (χ1) is 7.93. The summed E-state index contributed by atoms with van der Waals surface area (Å²) >= 11 is 0. The van der Waals surface area contributed by atoms with Crippen LogP contribution in [0, 0.1) is 0 Å². The molecular formula is C12H22N4O. The molecular weight excluding hydrogens is 216 g/mol. The Bertz CT molecular complexity index is 394. The van der Waals surface area contributed by atoms with Gasteiger partial charge in [-0.25, -0.2) is 0 Å². The van der Waals surface area contributed by atoms with Crippen LogP contribution in [0.15, 0.2) is 0 Å². The first-order valence-electron chi connectivity index (χ1n) is 6.19. The zero-order valence-electron chi connectivity index (χ0n) is 11.1. The number of hydrogen-bond acceptors (Lipinski definition) is 4. The van der Waals surface area contributed by atoms with Crippen LogP contribution in [0.2, 0.25) is 0 Å². The molecule has 0 amide bonds. The standard InChI is InChI=1S/C12H22N4O/c1-8-5-9(7-17-8)11-15-14-10(6-13)16(11)12(2,3)4/h8-9H,5-7,13H2,1-4H3. The van der Waals surface area contributed by atoms with Crippen LogP contribution >= 0.6 is 0 Å². The molecule has 2 unspecified atom stereocenters. The van der Waals surface area contributed by atoms with Crippen LogP contribution in [-0.2, 0) is 16.8 Å². The van der Waals surface area contributed by atoms with Crippen molar-refractivity contribution in [2.45, 2.75) is 58.2 Å². The smallest absolute Gasteiger partial charge is 0.147 e. The van der Waals surface area contributed by atoms with Crippen molar-refractivity contribution in [1.82, 2.24) is 14.8 Å². The van der Waals surface area contributed by atoms with Crippen molar-refractivity contribution in [3.05, 3.63) is 11.6 Å². The molecule has 0 bridgehead atoms. The van der Waals surface area contributed by atoms with Gasteiger partial charge < -0.3 is 15.0 Å². The summed E-state index contributed by atoms with van der Waals surface area (Å²) in [5, 5.41) is 8.53. The number of hydrogen-bond donors (Lipinski definition) is 1. The fraction of sp³-hybridized carbons (Fsp3) is 0.833. The molecule has 0 radical (unpaired) electrons. The van der Waals surface area contributed by atoms with Gasteiger partial charge in [0.1, 0.15) is 11.6 Å². The summed E-state index contributed by atoms with van der Waals surface area (Å²) in [5.41, 5.74) is 5.69. The summed E-state index contributed by atoms with van der Waals surface area (Å²) in [6, 6.07) is 0. The lowest BCUT2D eigenvalue weighted by Gasteiger charge is -2.26. The van der Waals surface area contributed by atoms with E-state index < -0.39 is 0 Å². The lowest BCUT2D eigenvalue weighted by atomic mass is 10.0. The van der Waals surface area contributed by atoms with Crippen LogP contribution in [0.5, 0.6) is 0 Å². The Balaban J connectivity index is 2.37. The van der Waals surface area contributed by atoms with E-state index in [0.717, 1.165) is 24.7 Å². The van der Waals surface area contributed by atoms with Crippen molar-refractivity contribution in [3.63, 3.8) is 0 Å². The van der Waals surface area contributed by atoms with Gasteiger partial charge in [0, 0.05) is 11.5 Å². The molecule has 5 nitrogen and oxygen atoms in total. The Morgan fingerprint density at radius 1 is 1.41 bits per heavy atom. The predicted molar refractivity (Wildman–Crippen MR) is 65.7 cm³/mol. The van der Waals surface area contributed by atoms with Crippen LogP contribution in [0.3, 0.4) is 0 Å². The van der Waals surface area contributed by atoms with E-state index in [2.05, 4.69) is 42.5 Å². The molecule has 1 saturated heterocycles. The summed E-state index contributed by atoms with van der Waals surface area (Å²) < 4.78 is 7.78. The Labute approximate surface area is 102 Å². The molecule has 1 aliphatic heterocycles. The lowest BCUT2D eigenvalue weighted by molar-refractivity contribution is 0.123. The van der Waals surface area contributed by atoms with E-state index in [4.69, 9.17) is 10.5 Å². The van der Waals surface area contributed by atoms with Crippen LogP contribution in [0.25, 0.3) is 0 Å². The summed E-state index contributed by atoms with van der Waals surface area (Å²) in [4.78, 5) is 0. The van der Waals surface area contributed by atoms with Crippen molar-refractivity contribution < 1.29 is 4.74 Å². The molecule has 1 aromatic rings. The van der Waals surface area contributed by atoms with Crippen molar-refractivity contribution in [3.8, 4) is 0 Å². The maximum absolute atomic E-state index is 5.73. The van der Waals surface area contributed by atoms with Crippen LogP contribution in [-0.4, -0.2) is 27.5 Å². The molecule has 17 heavy (non-hydrogen) atoms. The molecule has 0 aliphatic carbocycles. The number of ether oxygens (including phenoxy) is 1. The van der Waals surface area contributed by atoms with Gasteiger partial charge in [0.25, 0.3) is 0 Å². The van der Waals surface area contributed by atoms with Gasteiger partial charge in [0.05, 0.1) is 19.3 Å². The van der Waals surface area contributed by atoms with Gasteiger partial charge in [-0.15, -0.1) is 10.2 Å². The van der Waals surface area contributed by atoms with E-state index in [1.54, 1.807) is 0 Å². The predicted octanol–water partition coefficient (Wildman–Crippen LogP) is 1.38. The van der Waals surface area contributed by atoms with E-state index in [1.165, 1.54) is 0 Å². The summed E-state index contributed by atoms with van der Waals surface area (Å²) in [6.45, 7) is 9.71. The molecule has 0 aromatic carbocycles. The van der Waals surface area contributed by atoms with Crippen molar-refractivity contribution >= 4 is 0 Å². The van der Waals surface area contributed by atoms with E-state index >= 15 is 0 Å². The highest BCUT2D eigenvalue weighted by molar-refractivity contribution is 5.08. The Morgan fingerprint density at radius 2 is 2.12 bits per heavy atom. The number of nitrogens with zero attached hydrogens (tertiary/aromatic N) is 3. The second-order valence-corrected chi connectivity index (χ2v) is 5.76. The number of rotatable bonds is 2. The third-order valence-corrected chi connectivity index (χ3v) is 3.17. The molecule has 1 aliphatic rings. The molecule has 0 saturated carbocycles. The zero-order valence-corrected chi connectivity index (χ0v) is 11.1. The number of nitrogens with two attached hydrogens (primary N) is 1. The van der Waals surface area contributed by atoms with Crippen molar-refractivity contribution in [1.29, 1.82) is 0 Å². The third kappa shape index (κ3) is 2.35. The minimum Gasteiger partial charge on any atom is -0.378 e. The van der Waals surface area contributed by atoms with E-state index in [9.17, 15) is 0 Å². The number of aromatic nitrogens is 3. The first kappa shape index (κ1) is 12.5. The largest absolute Gasteiger partial charge is 0.378 e. The lowest BCUT2D eigenvalue weighted by Crippen LogP contribution is -2.28. The average molecular weight is 238 g/mol. The summed E-state index contributed by atoms with van der Waals surface area (Å²) in [7, 11) is 0. The van der Waals surface area contributed by atoms with Crippen LogP contribution < -0.4 is 5.73 Å². The minimum absolute atomic E-state index is 0.0423. The van der Waals surface area contributed by atoms with Gasteiger partial charge in [0.15, 0.2) is 0 Å². The van der Waals surface area contributed by atoms with Gasteiger partial charge in [-0.05, 0) is 34.1 Å². The Hall–Kier alpha value is -0.940. The molecule has 2 atom stereocenters. The average Bonchev–Trinajstić information content (AvgIpc) is 2.81. The van der Waals surface area contributed by atoms with Gasteiger partial charge in [-0.1, -0.05) is 0 Å². The fourth-order valence-corrected chi connectivity index (χ4v) is 2.45. The topological polar surface area (TPSA) is 66.0 Å². The normalized spacial score (nSPS) is 25.5. The maximum atomic E-state index is 5.73. The monoisotopic (exact) mass is 238 g/mol. The van der Waals surface area contributed by atoms with Gasteiger partial charge in [0.2, 0.25) is 0 Å². The molecule has 0 spiro atoms. The zero-order chi connectivity index (χ0) is 12.6. The SMILES string of the molecule is CC1CC(c2nnc(CN)n2C(C)(C)C)CO1. The quantitative estimate of drug-likeness (QED) is 0.845. The summed E-state index contributed by atoms with van der Waals surface area (Å²) in [5.74, 6) is 2.21. The molecule has 2 rings (SSSR count). The minimum atomic E-state index is -0.0423. The molecule has 1 aromatic heterocycles. The van der Waals surface area contributed by atoms with Gasteiger partial charge >= 0.3 is 0 Å². The molecule has 2 heterocycles. The van der Waals surface area contributed by atoms with Crippen molar-refractivity contribution in [2.24, 2.45) is 5.73 Å².